The van der Waals surface area contributed by atoms with E-state index in [9.17, 15) is 33.9 Å². The predicted octanol–water partition coefficient (Wildman–Crippen LogP) is 5.21. The molecular formula is C46H52FN11O5S. The number of halogens is 1. The first kappa shape index (κ1) is 44.3. The van der Waals surface area contributed by atoms with Crippen LogP contribution in [0.5, 0.6) is 0 Å². The van der Waals surface area contributed by atoms with E-state index in [-0.39, 0.29) is 50.1 Å². The number of carbonyl (C=O) groups is 4. The van der Waals surface area contributed by atoms with Gasteiger partial charge in [-0.15, -0.1) is 10.2 Å². The minimum Gasteiger partial charge on any atom is -0.391 e. The Morgan fingerprint density at radius 2 is 1.77 bits per heavy atom. The number of nitrogens with zero attached hydrogens (tertiary/aromatic N) is 7. The van der Waals surface area contributed by atoms with E-state index in [1.807, 2.05) is 55.6 Å². The highest BCUT2D eigenvalue weighted by Gasteiger charge is 2.53. The van der Waals surface area contributed by atoms with Crippen LogP contribution in [0, 0.1) is 16.7 Å². The molecule has 0 spiro atoms. The molecule has 1 aromatic carbocycles. The summed E-state index contributed by atoms with van der Waals surface area (Å²) in [5, 5.41) is 47.2. The zero-order valence-electron chi connectivity index (χ0n) is 36.2. The van der Waals surface area contributed by atoms with Crippen LogP contribution in [0.4, 0.5) is 10.1 Å². The summed E-state index contributed by atoms with van der Waals surface area (Å²) < 4.78 is 16.4. The smallest absolute Gasteiger partial charge is 0.258 e. The molecule has 334 valence electrons. The lowest BCUT2D eigenvalue weighted by molar-refractivity contribution is -0.145. The predicted molar refractivity (Wildman–Crippen MR) is 237 cm³/mol. The quantitative estimate of drug-likeness (QED) is 0.103. The van der Waals surface area contributed by atoms with Crippen LogP contribution < -0.4 is 21.3 Å². The van der Waals surface area contributed by atoms with E-state index < -0.39 is 53.0 Å². The van der Waals surface area contributed by atoms with Crippen molar-refractivity contribution in [2.45, 2.75) is 114 Å². The summed E-state index contributed by atoms with van der Waals surface area (Å²) in [7, 11) is 1.84. The van der Waals surface area contributed by atoms with Gasteiger partial charge in [-0.1, -0.05) is 62.4 Å². The number of rotatable bonds is 13. The average molecular weight is 890 g/mol. The number of anilines is 1. The van der Waals surface area contributed by atoms with Gasteiger partial charge in [-0.2, -0.15) is 10.4 Å². The van der Waals surface area contributed by atoms with Crippen molar-refractivity contribution in [3.8, 4) is 28.0 Å². The van der Waals surface area contributed by atoms with Crippen molar-refractivity contribution in [2.75, 3.05) is 18.9 Å². The lowest BCUT2D eigenvalue weighted by Gasteiger charge is -2.36. The number of carbonyl (C=O) groups excluding carboxylic acids is 4. The van der Waals surface area contributed by atoms with Gasteiger partial charge in [0.05, 0.1) is 52.8 Å². The number of alkyl halides is 1. The number of hydrogen-bond acceptors (Lipinski definition) is 12. The van der Waals surface area contributed by atoms with Gasteiger partial charge in [0.15, 0.2) is 10.7 Å². The van der Waals surface area contributed by atoms with Crippen LogP contribution >= 0.6 is 11.3 Å². The number of fused-ring (bicyclic) bond motifs is 1. The van der Waals surface area contributed by atoms with E-state index in [0.717, 1.165) is 58.2 Å². The van der Waals surface area contributed by atoms with Crippen molar-refractivity contribution < 1.29 is 28.7 Å². The monoisotopic (exact) mass is 889 g/mol. The molecule has 4 amide bonds. The molecule has 18 heteroatoms. The summed E-state index contributed by atoms with van der Waals surface area (Å²) >= 11 is 1.53. The van der Waals surface area contributed by atoms with E-state index in [1.165, 1.54) is 22.4 Å². The summed E-state index contributed by atoms with van der Waals surface area (Å²) in [6, 6.07) is 15.8. The molecule has 64 heavy (non-hydrogen) atoms. The highest BCUT2D eigenvalue weighted by atomic mass is 32.1. The molecule has 3 fully saturated rings. The zero-order chi connectivity index (χ0) is 45.3. The number of nitriles is 1. The molecule has 4 atom stereocenters. The third kappa shape index (κ3) is 9.46. The second-order valence-corrected chi connectivity index (χ2v) is 19.2. The molecule has 8 rings (SSSR count). The second kappa shape index (κ2) is 18.0. The van der Waals surface area contributed by atoms with Gasteiger partial charge in [0.2, 0.25) is 17.7 Å². The van der Waals surface area contributed by atoms with Crippen LogP contribution in [0.15, 0.2) is 67.0 Å². The normalized spacial score (nSPS) is 21.4. The molecule has 2 aliphatic carbocycles. The van der Waals surface area contributed by atoms with E-state index in [4.69, 9.17) is 4.98 Å². The second-order valence-electron chi connectivity index (χ2n) is 18.1. The maximum atomic E-state index is 14.7. The average Bonchev–Trinajstić information content (AvgIpc) is 3.60. The Morgan fingerprint density at radius 3 is 2.45 bits per heavy atom. The van der Waals surface area contributed by atoms with Gasteiger partial charge in [0.1, 0.15) is 23.2 Å². The molecule has 16 nitrogen and oxygen atoms in total. The van der Waals surface area contributed by atoms with Crippen LogP contribution in [-0.4, -0.2) is 102 Å². The first-order chi connectivity index (χ1) is 30.6. The Hall–Kier alpha value is -6.32. The summed E-state index contributed by atoms with van der Waals surface area (Å²) in [5.74, 6) is -2.04. The van der Waals surface area contributed by atoms with Gasteiger partial charge in [-0.05, 0) is 73.8 Å². The van der Waals surface area contributed by atoms with Crippen LogP contribution in [0.25, 0.3) is 27.5 Å². The Bertz CT molecular complexity index is 2590. The SMILES string of the molecule is CNc1cc(-c2ccc3cc(C#N)cnn23)ncc1-c1nnc(C2CCC(NC(=O)C[C@H](NC(=O)[C@@H]3C[C@@H](O)CN3C(=O)[C@@H](NC(=O)C3(F)CC3)C(C)(C)C)c3ccccc3)CC2)s1. The number of aromatic nitrogens is 5. The van der Waals surface area contributed by atoms with E-state index >= 15 is 0 Å². The fourth-order valence-electron chi connectivity index (χ4n) is 8.62. The molecule has 1 aliphatic heterocycles. The van der Waals surface area contributed by atoms with Crippen LogP contribution in [0.1, 0.15) is 100 Å². The molecule has 5 heterocycles. The molecule has 5 aromatic rings. The Balaban J connectivity index is 0.884. The number of hydrogen-bond donors (Lipinski definition) is 5. The fourth-order valence-corrected chi connectivity index (χ4v) is 9.65. The summed E-state index contributed by atoms with van der Waals surface area (Å²) in [6.07, 6.45) is 5.47. The molecule has 0 bridgehead atoms. The number of aliphatic hydroxyl groups excluding tert-OH is 1. The topological polar surface area (TPSA) is 220 Å². The highest BCUT2D eigenvalue weighted by Crippen LogP contribution is 2.41. The Labute approximate surface area is 374 Å². The van der Waals surface area contributed by atoms with Crippen molar-refractivity contribution in [3.05, 3.63) is 83.1 Å². The third-order valence-corrected chi connectivity index (χ3v) is 13.6. The molecule has 1 saturated heterocycles. The van der Waals surface area contributed by atoms with Crippen LogP contribution in [-0.2, 0) is 19.2 Å². The number of nitrogens with one attached hydrogen (secondary N) is 4. The lowest BCUT2D eigenvalue weighted by atomic mass is 9.85. The fraction of sp³-hybridized carbons (Fsp3) is 0.457. The first-order valence-electron chi connectivity index (χ1n) is 21.7. The molecule has 0 radical (unpaired) electrons. The van der Waals surface area contributed by atoms with Crippen molar-refractivity contribution >= 4 is 46.2 Å². The number of aliphatic hydroxyl groups is 1. The molecule has 2 saturated carbocycles. The maximum Gasteiger partial charge on any atom is 0.258 e. The first-order valence-corrected chi connectivity index (χ1v) is 22.5. The van der Waals surface area contributed by atoms with Crippen LogP contribution in [0.3, 0.4) is 0 Å². The van der Waals surface area contributed by atoms with Crippen LogP contribution in [0.2, 0.25) is 0 Å². The lowest BCUT2D eigenvalue weighted by Crippen LogP contribution is -2.59. The third-order valence-electron chi connectivity index (χ3n) is 12.4. The van der Waals surface area contributed by atoms with Crippen molar-refractivity contribution in [2.24, 2.45) is 5.41 Å². The molecule has 5 N–H and O–H groups in total. The highest BCUT2D eigenvalue weighted by molar-refractivity contribution is 7.14. The van der Waals surface area contributed by atoms with Gasteiger partial charge in [-0.3, -0.25) is 24.2 Å². The van der Waals surface area contributed by atoms with E-state index in [1.54, 1.807) is 37.5 Å². The van der Waals surface area contributed by atoms with Crippen molar-refractivity contribution in [1.82, 2.24) is 45.6 Å². The van der Waals surface area contributed by atoms with Crippen molar-refractivity contribution in [3.63, 3.8) is 0 Å². The van der Waals surface area contributed by atoms with Crippen molar-refractivity contribution in [1.29, 1.82) is 5.26 Å². The van der Waals surface area contributed by atoms with E-state index in [2.05, 4.69) is 42.6 Å². The Morgan fingerprint density at radius 1 is 1.02 bits per heavy atom. The number of likely N-dealkylation sites (tertiary alicyclic amines) is 1. The van der Waals surface area contributed by atoms with Gasteiger partial charge in [0, 0.05) is 43.9 Å². The number of β-amino-alcohol motifs (C(OH)–C–C–N with tert-alkyl or cyclic N) is 1. The zero-order valence-corrected chi connectivity index (χ0v) is 37.0. The Kier molecular flexibility index (Phi) is 12.5. The molecular weight excluding hydrogens is 838 g/mol. The molecule has 0 unspecified atom stereocenters. The summed E-state index contributed by atoms with van der Waals surface area (Å²) in [4.78, 5) is 60.4. The largest absolute Gasteiger partial charge is 0.391 e. The standard InChI is InChI=1S/C46H52FN11O5S/c1-45(2,3)39(54-44(63)46(47)16-17-46)43(62)57-25-31(59)19-37(57)40(61)53-33(27-8-6-5-7-9-27)21-38(60)52-29-12-10-28(11-13-29)41-55-56-42(64-41)32-24-50-35(20-34(32)49-4)36-15-14-30-18-26(22-48)23-51-58(30)36/h5-9,14-15,18,20,23-24,28-29,31,33,37,39,59H,10-13,16-17,19,21,25H2,1-4H3,(H,49,50)(H,52,60)(H,53,61)(H,54,63)/t28?,29?,31-,33+,37+,39-/m1/s1. The maximum absolute atomic E-state index is 14.7. The minimum atomic E-state index is -1.99. The van der Waals surface area contributed by atoms with Gasteiger partial charge >= 0.3 is 0 Å². The number of amides is 4. The summed E-state index contributed by atoms with van der Waals surface area (Å²) in [5.41, 5.74) is 2.32. The van der Waals surface area contributed by atoms with Gasteiger partial charge < -0.3 is 31.3 Å². The van der Waals surface area contributed by atoms with Gasteiger partial charge in [-0.25, -0.2) is 8.91 Å². The minimum absolute atomic E-state index is 0.0292. The van der Waals surface area contributed by atoms with E-state index in [0.29, 0.717) is 16.8 Å². The number of pyridine rings is 1. The molecule has 3 aliphatic rings. The summed E-state index contributed by atoms with van der Waals surface area (Å²) in [6.45, 7) is 5.11. The molecule has 4 aromatic heterocycles. The van der Waals surface area contributed by atoms with Gasteiger partial charge in [0.25, 0.3) is 5.91 Å². The number of benzene rings is 1.